The molecule has 0 N–H and O–H groups in total. The van der Waals surface area contributed by atoms with E-state index in [1.807, 2.05) is 54.0 Å². The molecule has 8 rings (SSSR count). The predicted molar refractivity (Wildman–Crippen MR) is 180 cm³/mol. The predicted octanol–water partition coefficient (Wildman–Crippen LogP) is 11.8. The second-order valence-electron chi connectivity index (χ2n) is 12.0. The lowest BCUT2D eigenvalue weighted by molar-refractivity contribution is -0.138. The highest BCUT2D eigenvalue weighted by Crippen LogP contribution is 2.46. The zero-order valence-electron chi connectivity index (χ0n) is 25.7. The molecule has 0 amide bonds. The molecule has 3 nitrogen and oxygen atoms in total. The van der Waals surface area contributed by atoms with Crippen LogP contribution in [0.2, 0.25) is 0 Å². The van der Waals surface area contributed by atoms with Crippen LogP contribution in [0.3, 0.4) is 0 Å². The summed E-state index contributed by atoms with van der Waals surface area (Å²) in [4.78, 5) is 0. The first-order valence-corrected chi connectivity index (χ1v) is 15.3. The summed E-state index contributed by atoms with van der Waals surface area (Å²) in [5, 5.41) is 12.9. The first-order chi connectivity index (χ1) is 23.5. The summed E-state index contributed by atoms with van der Waals surface area (Å²) in [7, 11) is 0. The number of nitrogens with zero attached hydrogens (tertiary/aromatic N) is 3. The Bertz CT molecular complexity index is 2670. The number of hydrogen-bond acceptors (Lipinski definition) is 1. The van der Waals surface area contributed by atoms with Crippen molar-refractivity contribution in [2.45, 2.75) is 19.3 Å². The number of halogens is 6. The largest absolute Gasteiger partial charge is 0.417 e. The van der Waals surface area contributed by atoms with Gasteiger partial charge < -0.3 is 9.13 Å². The Kier molecular flexibility index (Phi) is 6.66. The molecule has 0 atom stereocenters. The number of para-hydroxylation sites is 2. The molecule has 9 heteroatoms. The molecule has 8 aromatic rings. The Morgan fingerprint density at radius 2 is 1.04 bits per heavy atom. The van der Waals surface area contributed by atoms with Crippen molar-refractivity contribution in [2.75, 3.05) is 0 Å². The van der Waals surface area contributed by atoms with Crippen molar-refractivity contribution in [1.82, 2.24) is 9.13 Å². The van der Waals surface area contributed by atoms with Crippen LogP contribution in [0.5, 0.6) is 0 Å². The van der Waals surface area contributed by atoms with Crippen LogP contribution in [0.25, 0.3) is 66.1 Å². The van der Waals surface area contributed by atoms with E-state index in [0.29, 0.717) is 27.6 Å². The average molecular weight is 660 g/mol. The molecule has 0 radical (unpaired) electrons. The molecular weight excluding hydrogens is 636 g/mol. The maximum Gasteiger partial charge on any atom is 0.417 e. The Morgan fingerprint density at radius 1 is 0.531 bits per heavy atom. The van der Waals surface area contributed by atoms with Crippen LogP contribution in [0.4, 0.5) is 26.3 Å². The van der Waals surface area contributed by atoms with E-state index < -0.39 is 23.5 Å². The quantitative estimate of drug-likeness (QED) is 0.174. The van der Waals surface area contributed by atoms with Crippen LogP contribution in [0.1, 0.15) is 22.3 Å². The fraction of sp³-hybridized carbons (Fsp3) is 0.0750. The van der Waals surface area contributed by atoms with Gasteiger partial charge in [0, 0.05) is 27.1 Å². The van der Waals surface area contributed by atoms with Crippen LogP contribution in [-0.2, 0) is 12.4 Å². The van der Waals surface area contributed by atoms with Crippen LogP contribution in [0.15, 0.2) is 121 Å². The topological polar surface area (TPSA) is 33.6 Å². The second kappa shape index (κ2) is 10.8. The van der Waals surface area contributed by atoms with Crippen LogP contribution < -0.4 is 0 Å². The lowest BCUT2D eigenvalue weighted by Gasteiger charge is -2.23. The third-order valence-corrected chi connectivity index (χ3v) is 9.04. The van der Waals surface area contributed by atoms with E-state index in [0.717, 1.165) is 40.1 Å². The molecule has 0 saturated carbocycles. The lowest BCUT2D eigenvalue weighted by atomic mass is 9.94. The maximum absolute atomic E-state index is 14.9. The number of benzene rings is 6. The number of aryl methyl sites for hydroxylation is 1. The zero-order valence-corrected chi connectivity index (χ0v) is 25.7. The SMILES string of the molecule is Cc1ccc2c(c1)c1ccccc1n2-c1cc(C#N)cc(-n2c3ccccc3c3cc(C(F)(F)F)ccc32)c1-c1ccccc1C(F)(F)F. The second-order valence-corrected chi connectivity index (χ2v) is 12.0. The van der Waals surface area contributed by atoms with Crippen molar-refractivity contribution in [2.24, 2.45) is 0 Å². The van der Waals surface area contributed by atoms with Gasteiger partial charge in [-0.1, -0.05) is 66.2 Å². The van der Waals surface area contributed by atoms with Gasteiger partial charge in [-0.25, -0.2) is 0 Å². The fourth-order valence-electron chi connectivity index (χ4n) is 7.01. The highest BCUT2D eigenvalue weighted by Gasteiger charge is 2.36. The van der Waals surface area contributed by atoms with Gasteiger partial charge in [0.2, 0.25) is 0 Å². The number of fused-ring (bicyclic) bond motifs is 6. The van der Waals surface area contributed by atoms with Crippen molar-refractivity contribution in [3.05, 3.63) is 144 Å². The molecule has 0 saturated heterocycles. The van der Waals surface area contributed by atoms with E-state index in [-0.39, 0.29) is 27.8 Å². The number of alkyl halides is 6. The van der Waals surface area contributed by atoms with Gasteiger partial charge in [0.05, 0.1) is 56.2 Å². The first-order valence-electron chi connectivity index (χ1n) is 15.3. The van der Waals surface area contributed by atoms with E-state index in [9.17, 15) is 31.6 Å². The Labute approximate surface area is 275 Å². The summed E-state index contributed by atoms with van der Waals surface area (Å²) in [5.41, 5.74) is 2.23. The minimum atomic E-state index is -4.75. The van der Waals surface area contributed by atoms with Crippen LogP contribution in [-0.4, -0.2) is 9.13 Å². The van der Waals surface area contributed by atoms with Gasteiger partial charge in [0.1, 0.15) is 0 Å². The zero-order chi connectivity index (χ0) is 34.2. The van der Waals surface area contributed by atoms with Gasteiger partial charge in [-0.2, -0.15) is 31.6 Å². The van der Waals surface area contributed by atoms with Crippen molar-refractivity contribution < 1.29 is 26.3 Å². The molecule has 240 valence electrons. The molecule has 0 fully saturated rings. The summed E-state index contributed by atoms with van der Waals surface area (Å²) in [5.74, 6) is 0. The molecule has 0 unspecified atom stereocenters. The molecule has 49 heavy (non-hydrogen) atoms. The van der Waals surface area contributed by atoms with Crippen molar-refractivity contribution in [1.29, 1.82) is 5.26 Å². The first kappa shape index (κ1) is 30.3. The van der Waals surface area contributed by atoms with E-state index in [4.69, 9.17) is 0 Å². The van der Waals surface area contributed by atoms with Gasteiger partial charge >= 0.3 is 12.4 Å². The van der Waals surface area contributed by atoms with E-state index in [2.05, 4.69) is 6.07 Å². The van der Waals surface area contributed by atoms with Crippen LogP contribution in [0, 0.1) is 18.3 Å². The van der Waals surface area contributed by atoms with Gasteiger partial charge in [-0.05, 0) is 73.2 Å². The van der Waals surface area contributed by atoms with Crippen molar-refractivity contribution in [3.63, 3.8) is 0 Å². The molecule has 2 aromatic heterocycles. The highest BCUT2D eigenvalue weighted by molar-refractivity contribution is 6.12. The van der Waals surface area contributed by atoms with Crippen molar-refractivity contribution >= 4 is 43.6 Å². The summed E-state index contributed by atoms with van der Waals surface area (Å²) >= 11 is 0. The van der Waals surface area contributed by atoms with E-state index in [1.54, 1.807) is 34.9 Å². The minimum Gasteiger partial charge on any atom is -0.308 e. The van der Waals surface area contributed by atoms with Crippen LogP contribution >= 0.6 is 0 Å². The van der Waals surface area contributed by atoms with Gasteiger partial charge in [-0.3, -0.25) is 0 Å². The third kappa shape index (κ3) is 4.74. The number of nitriles is 1. The molecule has 0 aliphatic rings. The summed E-state index contributed by atoms with van der Waals surface area (Å²) in [6.07, 6.45) is -9.36. The Balaban J connectivity index is 1.61. The summed E-state index contributed by atoms with van der Waals surface area (Å²) in [6, 6.07) is 34.1. The molecule has 0 aliphatic heterocycles. The highest BCUT2D eigenvalue weighted by atomic mass is 19.4. The van der Waals surface area contributed by atoms with Gasteiger partial charge in [0.15, 0.2) is 0 Å². The monoisotopic (exact) mass is 659 g/mol. The maximum atomic E-state index is 14.9. The average Bonchev–Trinajstić information content (AvgIpc) is 3.59. The van der Waals surface area contributed by atoms with Gasteiger partial charge in [-0.15, -0.1) is 0 Å². The fourth-order valence-corrected chi connectivity index (χ4v) is 7.01. The molecule has 6 aromatic carbocycles. The van der Waals surface area contributed by atoms with Gasteiger partial charge in [0.25, 0.3) is 0 Å². The third-order valence-electron chi connectivity index (χ3n) is 9.04. The lowest BCUT2D eigenvalue weighted by Crippen LogP contribution is -2.11. The van der Waals surface area contributed by atoms with Crippen molar-refractivity contribution in [3.8, 4) is 28.6 Å². The minimum absolute atomic E-state index is 0.139. The summed E-state index contributed by atoms with van der Waals surface area (Å²) < 4.78 is 89.9. The summed E-state index contributed by atoms with van der Waals surface area (Å²) in [6.45, 7) is 1.96. The molecule has 0 spiro atoms. The Morgan fingerprint density at radius 3 is 1.61 bits per heavy atom. The normalized spacial score (nSPS) is 12.4. The molecule has 2 heterocycles. The molecular formula is C40H23F6N3. The molecule has 0 bridgehead atoms. The smallest absolute Gasteiger partial charge is 0.308 e. The number of rotatable bonds is 3. The standard InChI is InChI=1S/C40H23F6N3/c1-23-14-16-34-29(18-23)26-8-3-6-12-32(26)48(34)36-19-24(22-47)20-37(38(36)28-10-2-5-11-31(28)40(44,45)46)49-33-13-7-4-9-27(33)30-21-25(39(41,42)43)15-17-35(30)49/h2-21H,1H3. The van der Waals surface area contributed by atoms with E-state index >= 15 is 0 Å². The molecule has 0 aliphatic carbocycles. The Hall–Kier alpha value is -6.01. The number of aromatic nitrogens is 2. The van der Waals surface area contributed by atoms with E-state index in [1.165, 1.54) is 30.3 Å². The number of hydrogen-bond donors (Lipinski definition) is 0.